The van der Waals surface area contributed by atoms with Gasteiger partial charge in [0.05, 0.1) is 11.8 Å². The molecule has 1 aliphatic rings. The number of benzene rings is 1. The molecule has 5 nitrogen and oxygen atoms in total. The lowest BCUT2D eigenvalue weighted by Crippen LogP contribution is -2.47. The fraction of sp³-hybridized carbons (Fsp3) is 0.400. The summed E-state index contributed by atoms with van der Waals surface area (Å²) in [5, 5.41) is 2.75. The van der Waals surface area contributed by atoms with Gasteiger partial charge in [-0.3, -0.25) is 9.59 Å². The van der Waals surface area contributed by atoms with Gasteiger partial charge in [0.1, 0.15) is 12.3 Å². The van der Waals surface area contributed by atoms with E-state index in [0.717, 1.165) is 5.69 Å². The minimum Gasteiger partial charge on any atom is -0.472 e. The van der Waals surface area contributed by atoms with Crippen molar-refractivity contribution >= 4 is 17.5 Å². The standard InChI is InChI=1S/C20H24N2O3/c1-13(21-18(23)14-9-10-25-12-14)19(24)22-11-16(20(2,3)4)15-7-5-6-8-17(15)22/h5-10,12-13,16H,11H2,1-4H3,(H,21,23). The number of nitrogens with one attached hydrogen (secondary N) is 1. The van der Waals surface area contributed by atoms with Gasteiger partial charge in [0.25, 0.3) is 5.91 Å². The van der Waals surface area contributed by atoms with Crippen molar-refractivity contribution in [2.75, 3.05) is 11.4 Å². The molecule has 0 saturated heterocycles. The average Bonchev–Trinajstić information content (AvgIpc) is 3.21. The van der Waals surface area contributed by atoms with E-state index in [9.17, 15) is 9.59 Å². The molecule has 2 unspecified atom stereocenters. The molecule has 5 heteroatoms. The van der Waals surface area contributed by atoms with Crippen molar-refractivity contribution in [1.29, 1.82) is 0 Å². The third-order valence-corrected chi connectivity index (χ3v) is 4.78. The summed E-state index contributed by atoms with van der Waals surface area (Å²) in [6.45, 7) is 8.91. The fourth-order valence-corrected chi connectivity index (χ4v) is 3.33. The minimum atomic E-state index is -0.617. The summed E-state index contributed by atoms with van der Waals surface area (Å²) in [5.41, 5.74) is 2.59. The zero-order chi connectivity index (χ0) is 18.2. The third-order valence-electron chi connectivity index (χ3n) is 4.78. The zero-order valence-electron chi connectivity index (χ0n) is 15.1. The SMILES string of the molecule is CC(NC(=O)c1ccoc1)C(=O)N1CC(C(C)(C)C)c2ccccc21. The number of hydrogen-bond donors (Lipinski definition) is 1. The molecule has 0 saturated carbocycles. The maximum atomic E-state index is 13.0. The maximum absolute atomic E-state index is 13.0. The van der Waals surface area contributed by atoms with E-state index in [4.69, 9.17) is 4.42 Å². The van der Waals surface area contributed by atoms with Crippen LogP contribution in [0.4, 0.5) is 5.69 Å². The highest BCUT2D eigenvalue weighted by Crippen LogP contribution is 2.45. The van der Waals surface area contributed by atoms with Crippen molar-refractivity contribution in [3.63, 3.8) is 0 Å². The number of hydrogen-bond acceptors (Lipinski definition) is 3. The molecule has 2 aromatic rings. The van der Waals surface area contributed by atoms with Gasteiger partial charge in [-0.2, -0.15) is 0 Å². The van der Waals surface area contributed by atoms with Crippen LogP contribution in [0.5, 0.6) is 0 Å². The molecule has 2 atom stereocenters. The lowest BCUT2D eigenvalue weighted by molar-refractivity contribution is -0.120. The molecule has 132 valence electrons. The molecule has 3 rings (SSSR count). The number of nitrogens with zero attached hydrogens (tertiary/aromatic N) is 1. The lowest BCUT2D eigenvalue weighted by Gasteiger charge is -2.28. The zero-order valence-corrected chi connectivity index (χ0v) is 15.1. The first-order chi connectivity index (χ1) is 11.8. The van der Waals surface area contributed by atoms with Crippen molar-refractivity contribution in [1.82, 2.24) is 5.32 Å². The van der Waals surface area contributed by atoms with Gasteiger partial charge in [0, 0.05) is 18.2 Å². The molecule has 1 aliphatic heterocycles. The second kappa shape index (κ2) is 6.39. The van der Waals surface area contributed by atoms with Crippen molar-refractivity contribution in [2.24, 2.45) is 5.41 Å². The van der Waals surface area contributed by atoms with Gasteiger partial charge in [-0.05, 0) is 30.0 Å². The topological polar surface area (TPSA) is 62.6 Å². The quantitative estimate of drug-likeness (QED) is 0.929. The molecule has 0 spiro atoms. The lowest BCUT2D eigenvalue weighted by atomic mass is 9.78. The second-order valence-corrected chi connectivity index (χ2v) is 7.63. The number of carbonyl (C=O) groups is 2. The molecule has 0 radical (unpaired) electrons. The number of furan rings is 1. The van der Waals surface area contributed by atoms with Crippen LogP contribution in [0.15, 0.2) is 47.3 Å². The maximum Gasteiger partial charge on any atom is 0.255 e. The highest BCUT2D eigenvalue weighted by molar-refractivity contribution is 6.03. The largest absolute Gasteiger partial charge is 0.472 e. The van der Waals surface area contributed by atoms with Gasteiger partial charge in [-0.25, -0.2) is 0 Å². The Hall–Kier alpha value is -2.56. The Morgan fingerprint density at radius 3 is 2.60 bits per heavy atom. The molecular formula is C20H24N2O3. The van der Waals surface area contributed by atoms with Gasteiger partial charge < -0.3 is 14.6 Å². The summed E-state index contributed by atoms with van der Waals surface area (Å²) in [5.74, 6) is -0.144. The van der Waals surface area contributed by atoms with Crippen molar-refractivity contribution in [3.8, 4) is 0 Å². The highest BCUT2D eigenvalue weighted by atomic mass is 16.3. The molecule has 2 heterocycles. The van der Waals surface area contributed by atoms with Gasteiger partial charge in [-0.1, -0.05) is 39.0 Å². The van der Waals surface area contributed by atoms with Crippen LogP contribution in [0.2, 0.25) is 0 Å². The number of carbonyl (C=O) groups excluding carboxylic acids is 2. The van der Waals surface area contributed by atoms with E-state index in [1.54, 1.807) is 17.9 Å². The van der Waals surface area contributed by atoms with Crippen LogP contribution in [0.3, 0.4) is 0 Å². The molecule has 1 N–H and O–H groups in total. The first-order valence-electron chi connectivity index (χ1n) is 8.52. The van der Waals surface area contributed by atoms with Crippen LogP contribution < -0.4 is 10.2 Å². The molecule has 0 bridgehead atoms. The molecule has 0 aliphatic carbocycles. The monoisotopic (exact) mass is 340 g/mol. The summed E-state index contributed by atoms with van der Waals surface area (Å²) in [6, 6.07) is 8.98. The number of fused-ring (bicyclic) bond motifs is 1. The van der Waals surface area contributed by atoms with E-state index in [1.165, 1.54) is 18.1 Å². The smallest absolute Gasteiger partial charge is 0.255 e. The molecule has 2 amide bonds. The second-order valence-electron chi connectivity index (χ2n) is 7.63. The molecule has 25 heavy (non-hydrogen) atoms. The number of para-hydroxylation sites is 1. The Labute approximate surface area is 148 Å². The van der Waals surface area contributed by atoms with E-state index < -0.39 is 6.04 Å². The van der Waals surface area contributed by atoms with E-state index in [0.29, 0.717) is 12.1 Å². The number of amides is 2. The highest BCUT2D eigenvalue weighted by Gasteiger charge is 2.39. The van der Waals surface area contributed by atoms with Crippen molar-refractivity contribution < 1.29 is 14.0 Å². The summed E-state index contributed by atoms with van der Waals surface area (Å²) in [4.78, 5) is 26.9. The van der Waals surface area contributed by atoms with Gasteiger partial charge in [-0.15, -0.1) is 0 Å². The third kappa shape index (κ3) is 3.31. The van der Waals surface area contributed by atoms with Crippen LogP contribution in [-0.4, -0.2) is 24.4 Å². The van der Waals surface area contributed by atoms with Crippen molar-refractivity contribution in [3.05, 3.63) is 54.0 Å². The van der Waals surface area contributed by atoms with Crippen LogP contribution in [0, 0.1) is 5.41 Å². The Kier molecular flexibility index (Phi) is 4.41. The first kappa shape index (κ1) is 17.3. The Morgan fingerprint density at radius 2 is 1.96 bits per heavy atom. The summed E-state index contributed by atoms with van der Waals surface area (Å²) < 4.78 is 4.92. The minimum absolute atomic E-state index is 0.0500. The van der Waals surface area contributed by atoms with E-state index in [-0.39, 0.29) is 23.1 Å². The first-order valence-corrected chi connectivity index (χ1v) is 8.52. The van der Waals surface area contributed by atoms with Crippen LogP contribution in [-0.2, 0) is 4.79 Å². The molecular weight excluding hydrogens is 316 g/mol. The fourth-order valence-electron chi connectivity index (χ4n) is 3.33. The average molecular weight is 340 g/mol. The van der Waals surface area contributed by atoms with E-state index >= 15 is 0 Å². The predicted molar refractivity (Wildman–Crippen MR) is 96.6 cm³/mol. The van der Waals surface area contributed by atoms with Gasteiger partial charge >= 0.3 is 0 Å². The molecule has 0 fully saturated rings. The van der Waals surface area contributed by atoms with Crippen molar-refractivity contribution in [2.45, 2.75) is 39.7 Å². The molecule has 1 aromatic carbocycles. The molecule has 1 aromatic heterocycles. The van der Waals surface area contributed by atoms with E-state index in [1.807, 2.05) is 18.2 Å². The Bertz CT molecular complexity index is 774. The number of rotatable bonds is 3. The Morgan fingerprint density at radius 1 is 1.24 bits per heavy atom. The Balaban J connectivity index is 1.79. The van der Waals surface area contributed by atoms with E-state index in [2.05, 4.69) is 32.2 Å². The predicted octanol–water partition coefficient (Wildman–Crippen LogP) is 3.57. The summed E-state index contributed by atoms with van der Waals surface area (Å²) >= 11 is 0. The van der Waals surface area contributed by atoms with Crippen LogP contribution >= 0.6 is 0 Å². The summed E-state index contributed by atoms with van der Waals surface area (Å²) in [7, 11) is 0. The van der Waals surface area contributed by atoms with Crippen LogP contribution in [0.25, 0.3) is 0 Å². The van der Waals surface area contributed by atoms with Gasteiger partial charge in [0.2, 0.25) is 5.91 Å². The normalized spacial score (nSPS) is 17.9. The van der Waals surface area contributed by atoms with Crippen LogP contribution in [0.1, 0.15) is 49.5 Å². The summed E-state index contributed by atoms with van der Waals surface area (Å²) in [6.07, 6.45) is 2.80. The van der Waals surface area contributed by atoms with Gasteiger partial charge in [0.15, 0.2) is 0 Å². The number of anilines is 1.